The molecule has 35 heavy (non-hydrogen) atoms. The topological polar surface area (TPSA) is 151 Å². The lowest BCUT2D eigenvalue weighted by Crippen LogP contribution is -2.71. The van der Waals surface area contributed by atoms with Gasteiger partial charge in [0.25, 0.3) is 11.8 Å². The monoisotopic (exact) mass is 525 g/mol. The molecule has 0 aliphatic carbocycles. The maximum Gasteiger partial charge on any atom is 0.407 e. The van der Waals surface area contributed by atoms with Gasteiger partial charge in [-0.15, -0.1) is 23.1 Å². The lowest BCUT2D eigenvalue weighted by atomic mass is 10.0. The summed E-state index contributed by atoms with van der Waals surface area (Å²) in [6.07, 6.45) is 1.81. The van der Waals surface area contributed by atoms with Gasteiger partial charge >= 0.3 is 12.6 Å². The van der Waals surface area contributed by atoms with Gasteiger partial charge in [-0.2, -0.15) is 13.3 Å². The van der Waals surface area contributed by atoms with Gasteiger partial charge in [0.1, 0.15) is 22.8 Å². The predicted octanol–water partition coefficient (Wildman–Crippen LogP) is 0.703. The summed E-state index contributed by atoms with van der Waals surface area (Å²) >= 11 is 2.24. The number of oxime groups is 1. The number of carboxylic acid groups (broad SMARTS) is 1. The first-order chi connectivity index (χ1) is 16.7. The molecule has 0 bridgehead atoms. The van der Waals surface area contributed by atoms with E-state index in [0.717, 1.165) is 21.9 Å². The molecule has 1 fully saturated rings. The zero-order valence-electron chi connectivity index (χ0n) is 18.1. The summed E-state index contributed by atoms with van der Waals surface area (Å²) in [7, 11) is 0. The van der Waals surface area contributed by atoms with Crippen LogP contribution in [-0.4, -0.2) is 62.3 Å². The Morgan fingerprint density at radius 1 is 1.46 bits per heavy atom. The van der Waals surface area contributed by atoms with Crippen LogP contribution in [0.5, 0.6) is 0 Å². The number of anilines is 1. The highest BCUT2D eigenvalue weighted by Gasteiger charge is 2.54. The van der Waals surface area contributed by atoms with Crippen LogP contribution in [0.25, 0.3) is 0 Å². The van der Waals surface area contributed by atoms with Gasteiger partial charge in [0, 0.05) is 35.8 Å². The zero-order chi connectivity index (χ0) is 25.3. The van der Waals surface area contributed by atoms with Gasteiger partial charge in [0.2, 0.25) is 0 Å². The number of halogens is 2. The fourth-order valence-electron chi connectivity index (χ4n) is 3.65. The smallest absolute Gasteiger partial charge is 0.407 e. The lowest BCUT2D eigenvalue weighted by molar-refractivity contribution is -0.695. The number of aliphatic carboxylic acids is 1. The van der Waals surface area contributed by atoms with Crippen LogP contribution in [0.2, 0.25) is 0 Å². The highest BCUT2D eigenvalue weighted by atomic mass is 32.2. The number of fused-ring (bicyclic) bond motifs is 1. The molecular weight excluding hydrogens is 506 g/mol. The van der Waals surface area contributed by atoms with E-state index >= 15 is 0 Å². The fraction of sp³-hybridized carbons (Fsp3) is 0.300. The van der Waals surface area contributed by atoms with Crippen molar-refractivity contribution in [1.29, 1.82) is 0 Å². The SMILES string of the molecule is Cc1cccc[n+]1CC1=C(C(=O)O)N2C(=O)C(NC(=O)/C(=N/OC(F)F)c3csc(N)n3)[C@H]2SC1. The number of carbonyl (C=O) groups excluding carboxylic acids is 2. The van der Waals surface area contributed by atoms with Crippen LogP contribution in [0, 0.1) is 6.92 Å². The number of hydrogen-bond acceptors (Lipinski definition) is 9. The highest BCUT2D eigenvalue weighted by Crippen LogP contribution is 2.40. The van der Waals surface area contributed by atoms with Gasteiger partial charge in [0.05, 0.1) is 0 Å². The standard InChI is InChI=1S/C20H18F2N6O5S2/c1-9-4-2-3-5-27(9)6-10-7-34-17-13(16(30)28(17)14(10)18(31)32)25-15(29)12(26-33-19(21)22)11-8-35-20(23)24-11/h2-5,8,13,17,19H,6-7H2,1H3,(H3-,23,24,25,29,31,32)/p+1/b26-12+/t13?,17-/m1/s1. The van der Waals surface area contributed by atoms with E-state index in [1.807, 2.05) is 35.9 Å². The third kappa shape index (κ3) is 4.95. The minimum atomic E-state index is -3.28. The van der Waals surface area contributed by atoms with Gasteiger partial charge in [-0.3, -0.25) is 14.5 Å². The Labute approximate surface area is 205 Å². The van der Waals surface area contributed by atoms with E-state index in [1.54, 1.807) is 0 Å². The molecule has 2 amide bonds. The van der Waals surface area contributed by atoms with Crippen LogP contribution in [0.4, 0.5) is 13.9 Å². The van der Waals surface area contributed by atoms with E-state index in [2.05, 4.69) is 20.3 Å². The maximum atomic E-state index is 12.9. The number of alkyl halides is 2. The summed E-state index contributed by atoms with van der Waals surface area (Å²) in [5.41, 5.74) is 6.18. The van der Waals surface area contributed by atoms with Gasteiger partial charge in [-0.1, -0.05) is 11.2 Å². The fourth-order valence-corrected chi connectivity index (χ4v) is 5.54. The second-order valence-corrected chi connectivity index (χ2v) is 9.46. The van der Waals surface area contributed by atoms with Crippen molar-refractivity contribution >= 4 is 51.7 Å². The molecule has 0 aromatic carbocycles. The summed E-state index contributed by atoms with van der Waals surface area (Å²) in [6, 6.07) is 4.47. The Bertz CT molecular complexity index is 1250. The number of nitrogens with zero attached hydrogens (tertiary/aromatic N) is 4. The molecule has 2 aliphatic rings. The number of carbonyl (C=O) groups is 3. The molecule has 2 aliphatic heterocycles. The summed E-state index contributed by atoms with van der Waals surface area (Å²) < 4.78 is 26.9. The number of nitrogen functional groups attached to an aromatic ring is 1. The number of nitrogens with one attached hydrogen (secondary N) is 1. The number of β-lactam (4-membered cyclic amide) rings is 1. The van der Waals surface area contributed by atoms with Crippen LogP contribution in [0.3, 0.4) is 0 Å². The van der Waals surface area contributed by atoms with E-state index in [0.29, 0.717) is 11.3 Å². The molecule has 15 heteroatoms. The molecular formula is C20H19F2N6O5S2+. The van der Waals surface area contributed by atoms with Crippen molar-refractivity contribution in [2.24, 2.45) is 5.16 Å². The molecule has 0 saturated carbocycles. The Morgan fingerprint density at radius 3 is 2.86 bits per heavy atom. The van der Waals surface area contributed by atoms with Gasteiger partial charge in [-0.05, 0) is 0 Å². The number of thiazole rings is 1. The number of aromatic nitrogens is 2. The molecule has 0 radical (unpaired) electrons. The number of rotatable bonds is 8. The minimum absolute atomic E-state index is 0.0709. The Balaban J connectivity index is 1.55. The highest BCUT2D eigenvalue weighted by molar-refractivity contribution is 8.00. The van der Waals surface area contributed by atoms with Gasteiger partial charge in [-0.25, -0.2) is 9.78 Å². The van der Waals surface area contributed by atoms with Crippen molar-refractivity contribution in [3.8, 4) is 0 Å². The molecule has 0 spiro atoms. The Kier molecular flexibility index (Phi) is 6.98. The molecule has 1 unspecified atom stereocenters. The maximum absolute atomic E-state index is 12.9. The summed E-state index contributed by atoms with van der Waals surface area (Å²) in [5, 5.41) is 16.1. The average Bonchev–Trinajstić information content (AvgIpc) is 3.24. The molecule has 4 N–H and O–H groups in total. The first kappa shape index (κ1) is 24.5. The number of amides is 2. The molecule has 11 nitrogen and oxygen atoms in total. The molecule has 2 atom stereocenters. The van der Waals surface area contributed by atoms with Crippen molar-refractivity contribution in [3.05, 3.63) is 52.4 Å². The van der Waals surface area contributed by atoms with Crippen molar-refractivity contribution in [3.63, 3.8) is 0 Å². The van der Waals surface area contributed by atoms with E-state index < -0.39 is 41.5 Å². The Hall–Kier alpha value is -3.59. The normalized spacial score (nSPS) is 19.9. The number of carboxylic acids is 1. The molecule has 184 valence electrons. The van der Waals surface area contributed by atoms with Crippen molar-refractivity contribution < 1.29 is 37.7 Å². The molecule has 1 saturated heterocycles. The summed E-state index contributed by atoms with van der Waals surface area (Å²) in [6.45, 7) is -1.12. The van der Waals surface area contributed by atoms with Crippen LogP contribution in [0.1, 0.15) is 11.4 Å². The minimum Gasteiger partial charge on any atom is -0.477 e. The summed E-state index contributed by atoms with van der Waals surface area (Å²) in [4.78, 5) is 46.7. The first-order valence-corrected chi connectivity index (χ1v) is 12.0. The van der Waals surface area contributed by atoms with E-state index in [-0.39, 0.29) is 23.1 Å². The third-order valence-electron chi connectivity index (χ3n) is 5.27. The van der Waals surface area contributed by atoms with Gasteiger partial charge < -0.3 is 21.0 Å². The summed E-state index contributed by atoms with van der Waals surface area (Å²) in [5.74, 6) is -2.59. The largest absolute Gasteiger partial charge is 0.477 e. The van der Waals surface area contributed by atoms with E-state index in [4.69, 9.17) is 5.73 Å². The predicted molar refractivity (Wildman–Crippen MR) is 121 cm³/mol. The number of aryl methyl sites for hydroxylation is 1. The molecule has 4 rings (SSSR count). The average molecular weight is 526 g/mol. The molecule has 2 aromatic heterocycles. The van der Waals surface area contributed by atoms with Crippen LogP contribution < -0.4 is 15.6 Å². The quantitative estimate of drug-likeness (QED) is 0.197. The molecule has 4 heterocycles. The number of thioether (sulfide) groups is 1. The number of nitrogens with two attached hydrogens (primary N) is 1. The van der Waals surface area contributed by atoms with Crippen molar-refractivity contribution in [1.82, 2.24) is 15.2 Å². The first-order valence-electron chi connectivity index (χ1n) is 10.1. The second-order valence-electron chi connectivity index (χ2n) is 7.47. The number of hydrogen-bond donors (Lipinski definition) is 3. The van der Waals surface area contributed by atoms with Crippen LogP contribution in [-0.2, 0) is 25.8 Å². The van der Waals surface area contributed by atoms with Crippen LogP contribution in [0.15, 0.2) is 46.2 Å². The molecule has 2 aromatic rings. The van der Waals surface area contributed by atoms with E-state index in [1.165, 1.54) is 17.1 Å². The Morgan fingerprint density at radius 2 is 2.23 bits per heavy atom. The zero-order valence-corrected chi connectivity index (χ0v) is 19.7. The lowest BCUT2D eigenvalue weighted by Gasteiger charge is -2.49. The van der Waals surface area contributed by atoms with Gasteiger partial charge in [0.15, 0.2) is 29.3 Å². The van der Waals surface area contributed by atoms with E-state index in [9.17, 15) is 28.3 Å². The van der Waals surface area contributed by atoms with Crippen molar-refractivity contribution in [2.45, 2.75) is 31.5 Å². The second kappa shape index (κ2) is 9.95. The van der Waals surface area contributed by atoms with Crippen molar-refractivity contribution in [2.75, 3.05) is 11.5 Å². The van der Waals surface area contributed by atoms with Crippen LogP contribution >= 0.6 is 23.1 Å². The number of pyridine rings is 1. The third-order valence-corrected chi connectivity index (χ3v) is 7.28.